The first-order valence-electron chi connectivity index (χ1n) is 12.0. The summed E-state index contributed by atoms with van der Waals surface area (Å²) in [5.41, 5.74) is 2.63. The van der Waals surface area contributed by atoms with Gasteiger partial charge in [0.25, 0.3) is 0 Å². The van der Waals surface area contributed by atoms with Crippen molar-refractivity contribution >= 4 is 35.0 Å². The molecule has 5 rings (SSSR count). The van der Waals surface area contributed by atoms with E-state index in [1.54, 1.807) is 30.4 Å². The van der Waals surface area contributed by atoms with E-state index in [0.29, 0.717) is 11.3 Å². The van der Waals surface area contributed by atoms with Crippen molar-refractivity contribution in [2.75, 3.05) is 0 Å². The van der Waals surface area contributed by atoms with Gasteiger partial charge in [-0.25, -0.2) is 0 Å². The maximum absolute atomic E-state index is 13.8. The third kappa shape index (κ3) is 5.65. The number of carbonyl (C=O) groups is 1. The SMILES string of the molecule is O=C(/C=C/c1ccccc1)c1c(/C=C/c2ccccc2)oc2cccc(OCc3ccccc3)c2c1=O. The van der Waals surface area contributed by atoms with E-state index in [2.05, 4.69) is 0 Å². The first-order chi connectivity index (χ1) is 18.2. The highest BCUT2D eigenvalue weighted by Crippen LogP contribution is 2.27. The minimum atomic E-state index is -0.440. The zero-order valence-electron chi connectivity index (χ0n) is 20.0. The van der Waals surface area contributed by atoms with Crippen LogP contribution in [0.3, 0.4) is 0 Å². The number of ketones is 1. The largest absolute Gasteiger partial charge is 0.488 e. The van der Waals surface area contributed by atoms with Crippen molar-refractivity contribution in [3.05, 3.63) is 154 Å². The Hall–Kier alpha value is -4.96. The zero-order valence-corrected chi connectivity index (χ0v) is 20.0. The summed E-state index contributed by atoms with van der Waals surface area (Å²) in [7, 11) is 0. The number of benzene rings is 4. The lowest BCUT2D eigenvalue weighted by Crippen LogP contribution is -2.17. The van der Waals surface area contributed by atoms with E-state index in [-0.39, 0.29) is 23.3 Å². The van der Waals surface area contributed by atoms with E-state index in [9.17, 15) is 9.59 Å². The summed E-state index contributed by atoms with van der Waals surface area (Å²) in [4.78, 5) is 27.2. The topological polar surface area (TPSA) is 56.5 Å². The Morgan fingerprint density at radius 1 is 0.703 bits per heavy atom. The van der Waals surface area contributed by atoms with E-state index < -0.39 is 11.2 Å². The van der Waals surface area contributed by atoms with Crippen LogP contribution in [-0.2, 0) is 6.61 Å². The molecule has 1 heterocycles. The molecule has 0 aliphatic carbocycles. The molecule has 0 saturated carbocycles. The molecule has 0 aliphatic rings. The standard InChI is InChI=1S/C33H24O4/c34-27(21-19-24-11-4-1-5-12-24)31-30(22-20-25-13-6-2-7-14-25)37-29-18-10-17-28(32(29)33(31)35)36-23-26-15-8-3-9-16-26/h1-22H,23H2/b21-19+,22-20+. The Bertz CT molecular complexity index is 1630. The van der Waals surface area contributed by atoms with E-state index >= 15 is 0 Å². The third-order valence-electron chi connectivity index (χ3n) is 5.85. The van der Waals surface area contributed by atoms with Crippen molar-refractivity contribution in [1.29, 1.82) is 0 Å². The van der Waals surface area contributed by atoms with Gasteiger partial charge in [-0.1, -0.05) is 109 Å². The van der Waals surface area contributed by atoms with E-state index in [1.165, 1.54) is 6.08 Å². The molecule has 0 atom stereocenters. The Morgan fingerprint density at radius 3 is 2.00 bits per heavy atom. The Kier molecular flexibility index (Phi) is 7.19. The quantitative estimate of drug-likeness (QED) is 0.170. The van der Waals surface area contributed by atoms with Crippen molar-refractivity contribution in [2.45, 2.75) is 6.61 Å². The molecular weight excluding hydrogens is 460 g/mol. The highest BCUT2D eigenvalue weighted by Gasteiger charge is 2.20. The molecule has 37 heavy (non-hydrogen) atoms. The third-order valence-corrected chi connectivity index (χ3v) is 5.85. The number of hydrogen-bond acceptors (Lipinski definition) is 4. The second-order valence-electron chi connectivity index (χ2n) is 8.43. The fourth-order valence-corrected chi connectivity index (χ4v) is 3.99. The van der Waals surface area contributed by atoms with Gasteiger partial charge in [0.05, 0.1) is 0 Å². The van der Waals surface area contributed by atoms with Crippen LogP contribution in [0, 0.1) is 0 Å². The molecule has 1 aromatic heterocycles. The first kappa shape index (κ1) is 23.8. The van der Waals surface area contributed by atoms with Crippen LogP contribution < -0.4 is 10.2 Å². The van der Waals surface area contributed by atoms with Crippen LogP contribution in [0.15, 0.2) is 124 Å². The summed E-state index contributed by atoms with van der Waals surface area (Å²) in [6.45, 7) is 0.284. The number of carbonyl (C=O) groups excluding carboxylic acids is 1. The lowest BCUT2D eigenvalue weighted by molar-refractivity contribution is 0.104. The van der Waals surface area contributed by atoms with Crippen LogP contribution in [0.2, 0.25) is 0 Å². The molecule has 0 fully saturated rings. The van der Waals surface area contributed by atoms with Crippen LogP contribution in [0.1, 0.15) is 32.8 Å². The van der Waals surface area contributed by atoms with Crippen LogP contribution in [0.5, 0.6) is 5.75 Å². The van der Waals surface area contributed by atoms with Gasteiger partial charge in [0.1, 0.15) is 34.6 Å². The van der Waals surface area contributed by atoms with Crippen molar-refractivity contribution in [1.82, 2.24) is 0 Å². The molecule has 5 aromatic rings. The van der Waals surface area contributed by atoms with Gasteiger partial charge in [0.15, 0.2) is 5.78 Å². The smallest absolute Gasteiger partial charge is 0.208 e. The van der Waals surface area contributed by atoms with Crippen molar-refractivity contribution in [3.63, 3.8) is 0 Å². The highest BCUT2D eigenvalue weighted by atomic mass is 16.5. The fourth-order valence-electron chi connectivity index (χ4n) is 3.99. The summed E-state index contributed by atoms with van der Waals surface area (Å²) in [6, 6.07) is 34.0. The molecule has 0 bridgehead atoms. The van der Waals surface area contributed by atoms with Gasteiger partial charge in [0, 0.05) is 0 Å². The Balaban J connectivity index is 1.60. The summed E-state index contributed by atoms with van der Waals surface area (Å²) in [5.74, 6) is 0.129. The second kappa shape index (κ2) is 11.2. The van der Waals surface area contributed by atoms with Crippen molar-refractivity contribution in [2.24, 2.45) is 0 Å². The lowest BCUT2D eigenvalue weighted by Gasteiger charge is -2.11. The molecule has 0 spiro atoms. The maximum Gasteiger partial charge on any atom is 0.208 e. The van der Waals surface area contributed by atoms with E-state index in [4.69, 9.17) is 9.15 Å². The molecule has 4 heteroatoms. The minimum absolute atomic E-state index is 0.0392. The number of fused-ring (bicyclic) bond motifs is 1. The highest BCUT2D eigenvalue weighted by molar-refractivity contribution is 6.10. The minimum Gasteiger partial charge on any atom is -0.488 e. The molecular formula is C33H24O4. The maximum atomic E-state index is 13.8. The molecule has 0 radical (unpaired) electrons. The van der Waals surface area contributed by atoms with Crippen molar-refractivity contribution in [3.8, 4) is 5.75 Å². The Morgan fingerprint density at radius 2 is 1.32 bits per heavy atom. The van der Waals surface area contributed by atoms with Gasteiger partial charge in [-0.05, 0) is 41.0 Å². The predicted octanol–water partition coefficient (Wildman–Crippen LogP) is 7.44. The van der Waals surface area contributed by atoms with Crippen LogP contribution >= 0.6 is 0 Å². The monoisotopic (exact) mass is 484 g/mol. The van der Waals surface area contributed by atoms with Gasteiger partial charge < -0.3 is 9.15 Å². The average Bonchev–Trinajstić information content (AvgIpc) is 2.95. The van der Waals surface area contributed by atoms with Gasteiger partial charge in [0.2, 0.25) is 5.43 Å². The van der Waals surface area contributed by atoms with E-state index in [1.807, 2.05) is 97.1 Å². The lowest BCUT2D eigenvalue weighted by atomic mass is 10.0. The number of rotatable bonds is 8. The second-order valence-corrected chi connectivity index (χ2v) is 8.43. The van der Waals surface area contributed by atoms with Crippen LogP contribution in [0.4, 0.5) is 0 Å². The van der Waals surface area contributed by atoms with Gasteiger partial charge in [-0.15, -0.1) is 0 Å². The fraction of sp³-hybridized carbons (Fsp3) is 0.0303. The molecule has 4 aromatic carbocycles. The summed E-state index contributed by atoms with van der Waals surface area (Å²) >= 11 is 0. The molecule has 0 N–H and O–H groups in total. The average molecular weight is 485 g/mol. The molecule has 4 nitrogen and oxygen atoms in total. The van der Waals surface area contributed by atoms with Gasteiger partial charge in [-0.3, -0.25) is 9.59 Å². The van der Waals surface area contributed by atoms with Gasteiger partial charge >= 0.3 is 0 Å². The number of hydrogen-bond donors (Lipinski definition) is 0. The predicted molar refractivity (Wildman–Crippen MR) is 148 cm³/mol. The number of allylic oxidation sites excluding steroid dienone is 1. The molecule has 0 saturated heterocycles. The van der Waals surface area contributed by atoms with Crippen molar-refractivity contribution < 1.29 is 13.9 Å². The van der Waals surface area contributed by atoms with E-state index in [0.717, 1.165) is 16.7 Å². The molecule has 0 unspecified atom stereocenters. The molecule has 180 valence electrons. The summed E-state index contributed by atoms with van der Waals surface area (Å²) < 4.78 is 12.2. The van der Waals surface area contributed by atoms with Crippen LogP contribution in [0.25, 0.3) is 29.2 Å². The summed E-state index contributed by atoms with van der Waals surface area (Å²) in [6.07, 6.45) is 6.57. The van der Waals surface area contributed by atoms with Gasteiger partial charge in [-0.2, -0.15) is 0 Å². The van der Waals surface area contributed by atoms with Crippen LogP contribution in [-0.4, -0.2) is 5.78 Å². The Labute approximate surface area is 214 Å². The first-order valence-corrected chi connectivity index (χ1v) is 12.0. The number of ether oxygens (including phenoxy) is 1. The normalized spacial score (nSPS) is 11.4. The summed E-state index contributed by atoms with van der Waals surface area (Å²) in [5, 5.41) is 0.242. The zero-order chi connectivity index (χ0) is 25.5. The molecule has 0 aliphatic heterocycles. The molecule has 0 amide bonds.